The maximum Gasteiger partial charge on any atom is 0.266 e. The van der Waals surface area contributed by atoms with Gasteiger partial charge in [-0.1, -0.05) is 0 Å². The van der Waals surface area contributed by atoms with E-state index in [1.165, 1.54) is 22.2 Å². The molecule has 27 heavy (non-hydrogen) atoms. The summed E-state index contributed by atoms with van der Waals surface area (Å²) in [7, 11) is 1.64. The van der Waals surface area contributed by atoms with Crippen LogP contribution < -0.4 is 20.3 Å². The molecule has 2 aromatic heterocycles. The van der Waals surface area contributed by atoms with Gasteiger partial charge in [-0.25, -0.2) is 4.98 Å². The van der Waals surface area contributed by atoms with Gasteiger partial charge in [0.2, 0.25) is 0 Å². The summed E-state index contributed by atoms with van der Waals surface area (Å²) in [5, 5.41) is 3.34. The van der Waals surface area contributed by atoms with Crippen molar-refractivity contribution < 1.29 is 14.3 Å². The molecule has 1 N–H and O–H groups in total. The van der Waals surface area contributed by atoms with E-state index in [9.17, 15) is 9.59 Å². The minimum atomic E-state index is -0.288. The third kappa shape index (κ3) is 3.66. The number of aryl methyl sites for hydroxylation is 2. The van der Waals surface area contributed by atoms with Crippen LogP contribution in [0.4, 0.5) is 5.69 Å². The van der Waals surface area contributed by atoms with Crippen LogP contribution >= 0.6 is 11.3 Å². The molecule has 0 radical (unpaired) electrons. The molecule has 0 unspecified atom stereocenters. The third-order valence-corrected chi connectivity index (χ3v) is 5.22. The first-order valence-electron chi connectivity index (χ1n) is 8.62. The Morgan fingerprint density at radius 1 is 1.22 bits per heavy atom. The lowest BCUT2D eigenvalue weighted by Crippen LogP contribution is -2.17. The number of rotatable bonds is 6. The summed E-state index contributed by atoms with van der Waals surface area (Å²) in [5.41, 5.74) is 1.06. The minimum Gasteiger partial charge on any atom is -0.490 e. The lowest BCUT2D eigenvalue weighted by Gasteiger charge is -2.13. The van der Waals surface area contributed by atoms with Crippen molar-refractivity contribution in [2.75, 3.05) is 18.5 Å². The van der Waals surface area contributed by atoms with Crippen molar-refractivity contribution in [1.82, 2.24) is 9.55 Å². The van der Waals surface area contributed by atoms with E-state index in [-0.39, 0.29) is 11.5 Å². The highest BCUT2D eigenvalue weighted by Crippen LogP contribution is 2.32. The molecule has 8 heteroatoms. The molecule has 7 nitrogen and oxygen atoms in total. The standard InChI is InChI=1S/C19H21N3O4S/c1-5-25-13-8-7-12(9-14(13)26-6-2)21-17(23)16-11(3)15-18(27-16)20-10-22(4)19(15)24/h7-10H,5-6H2,1-4H3,(H,21,23). The van der Waals surface area contributed by atoms with Crippen molar-refractivity contribution in [1.29, 1.82) is 0 Å². The van der Waals surface area contributed by atoms with Crippen LogP contribution in [0.2, 0.25) is 0 Å². The zero-order valence-electron chi connectivity index (χ0n) is 15.7. The third-order valence-electron chi connectivity index (χ3n) is 4.02. The minimum absolute atomic E-state index is 0.160. The number of carbonyl (C=O) groups excluding carboxylic acids is 1. The van der Waals surface area contributed by atoms with Gasteiger partial charge in [0.15, 0.2) is 11.5 Å². The Bertz CT molecular complexity index is 1060. The summed E-state index contributed by atoms with van der Waals surface area (Å²) < 4.78 is 12.5. The molecule has 0 atom stereocenters. The molecule has 2 heterocycles. The second kappa shape index (κ2) is 7.79. The number of thiophene rings is 1. The number of hydrogen-bond donors (Lipinski definition) is 1. The van der Waals surface area contributed by atoms with Crippen molar-refractivity contribution in [2.24, 2.45) is 7.05 Å². The van der Waals surface area contributed by atoms with Crippen LogP contribution in [-0.2, 0) is 7.05 Å². The first-order valence-corrected chi connectivity index (χ1v) is 9.43. The van der Waals surface area contributed by atoms with Crippen molar-refractivity contribution in [3.05, 3.63) is 45.3 Å². The number of amides is 1. The molecule has 0 bridgehead atoms. The zero-order valence-corrected chi connectivity index (χ0v) is 16.5. The Kier molecular flexibility index (Phi) is 5.46. The maximum atomic E-state index is 12.8. The number of hydrogen-bond acceptors (Lipinski definition) is 6. The molecule has 3 aromatic rings. The zero-order chi connectivity index (χ0) is 19.6. The van der Waals surface area contributed by atoms with E-state index in [4.69, 9.17) is 9.47 Å². The van der Waals surface area contributed by atoms with E-state index in [2.05, 4.69) is 10.3 Å². The summed E-state index contributed by atoms with van der Waals surface area (Å²) in [6.45, 7) is 6.56. The molecule has 0 aliphatic rings. The van der Waals surface area contributed by atoms with Crippen molar-refractivity contribution >= 4 is 33.1 Å². The summed E-state index contributed by atoms with van der Waals surface area (Å²) in [4.78, 5) is 30.4. The fraction of sp³-hybridized carbons (Fsp3) is 0.316. The molecule has 0 spiro atoms. The Hall–Kier alpha value is -2.87. The van der Waals surface area contributed by atoms with Gasteiger partial charge in [-0.05, 0) is 38.5 Å². The number of anilines is 1. The van der Waals surface area contributed by atoms with Gasteiger partial charge in [0.1, 0.15) is 4.83 Å². The second-order valence-electron chi connectivity index (χ2n) is 5.88. The number of nitrogens with zero attached hydrogens (tertiary/aromatic N) is 2. The van der Waals surface area contributed by atoms with Crippen LogP contribution in [0, 0.1) is 6.92 Å². The number of benzene rings is 1. The molecule has 0 aliphatic carbocycles. The highest BCUT2D eigenvalue weighted by Gasteiger charge is 2.19. The van der Waals surface area contributed by atoms with E-state index in [1.54, 1.807) is 32.2 Å². The predicted molar refractivity (Wildman–Crippen MR) is 106 cm³/mol. The normalized spacial score (nSPS) is 10.8. The van der Waals surface area contributed by atoms with Gasteiger partial charge < -0.3 is 19.4 Å². The van der Waals surface area contributed by atoms with Crippen molar-refractivity contribution in [3.63, 3.8) is 0 Å². The Morgan fingerprint density at radius 3 is 2.63 bits per heavy atom. The molecule has 0 saturated carbocycles. The van der Waals surface area contributed by atoms with Crippen LogP contribution in [0.3, 0.4) is 0 Å². The fourth-order valence-corrected chi connectivity index (χ4v) is 3.78. The average Bonchev–Trinajstić information content (AvgIpc) is 2.98. The lowest BCUT2D eigenvalue weighted by atomic mass is 10.2. The number of ether oxygens (including phenoxy) is 2. The van der Waals surface area contributed by atoms with E-state index in [0.29, 0.717) is 51.1 Å². The largest absolute Gasteiger partial charge is 0.490 e. The number of fused-ring (bicyclic) bond motifs is 1. The molecule has 142 valence electrons. The van der Waals surface area contributed by atoms with Crippen molar-refractivity contribution in [2.45, 2.75) is 20.8 Å². The van der Waals surface area contributed by atoms with Gasteiger partial charge in [0.25, 0.3) is 11.5 Å². The first kappa shape index (κ1) is 18.9. The average molecular weight is 387 g/mol. The maximum absolute atomic E-state index is 12.8. The summed E-state index contributed by atoms with van der Waals surface area (Å²) in [5.74, 6) is 0.910. The lowest BCUT2D eigenvalue weighted by molar-refractivity contribution is 0.103. The molecule has 0 saturated heterocycles. The van der Waals surface area contributed by atoms with Crippen LogP contribution in [0.25, 0.3) is 10.2 Å². The predicted octanol–water partition coefficient (Wildman–Crippen LogP) is 3.35. The topological polar surface area (TPSA) is 82.5 Å². The Morgan fingerprint density at radius 2 is 1.93 bits per heavy atom. The first-order chi connectivity index (χ1) is 13.0. The number of aromatic nitrogens is 2. The summed E-state index contributed by atoms with van der Waals surface area (Å²) >= 11 is 1.21. The monoisotopic (exact) mass is 387 g/mol. The van der Waals surface area contributed by atoms with Gasteiger partial charge in [-0.2, -0.15) is 0 Å². The van der Waals surface area contributed by atoms with Crippen LogP contribution in [0.5, 0.6) is 11.5 Å². The van der Waals surface area contributed by atoms with Gasteiger partial charge in [0.05, 0.1) is 29.8 Å². The van der Waals surface area contributed by atoms with Gasteiger partial charge >= 0.3 is 0 Å². The van der Waals surface area contributed by atoms with Gasteiger partial charge in [-0.15, -0.1) is 11.3 Å². The van der Waals surface area contributed by atoms with E-state index in [0.717, 1.165) is 0 Å². The summed E-state index contributed by atoms with van der Waals surface area (Å²) in [6, 6.07) is 5.25. The SMILES string of the molecule is CCOc1ccc(NC(=O)c2sc3ncn(C)c(=O)c3c2C)cc1OCC. The Balaban J connectivity index is 1.93. The molecule has 3 rings (SSSR count). The molecule has 0 fully saturated rings. The number of nitrogens with one attached hydrogen (secondary N) is 1. The fourth-order valence-electron chi connectivity index (χ4n) is 2.74. The molecule has 1 amide bonds. The summed E-state index contributed by atoms with van der Waals surface area (Å²) in [6.07, 6.45) is 1.46. The Labute approximate surface area is 160 Å². The van der Waals surface area contributed by atoms with E-state index in [1.807, 2.05) is 13.8 Å². The van der Waals surface area contributed by atoms with Crippen LogP contribution in [-0.4, -0.2) is 28.7 Å². The van der Waals surface area contributed by atoms with Crippen LogP contribution in [0.15, 0.2) is 29.3 Å². The highest BCUT2D eigenvalue weighted by atomic mass is 32.1. The highest BCUT2D eigenvalue weighted by molar-refractivity contribution is 7.20. The number of carbonyl (C=O) groups is 1. The molecular weight excluding hydrogens is 366 g/mol. The smallest absolute Gasteiger partial charge is 0.266 e. The van der Waals surface area contributed by atoms with Gasteiger partial charge in [0, 0.05) is 18.8 Å². The molecular formula is C19H21N3O4S. The van der Waals surface area contributed by atoms with Crippen molar-refractivity contribution in [3.8, 4) is 11.5 Å². The quantitative estimate of drug-likeness (QED) is 0.701. The van der Waals surface area contributed by atoms with E-state index >= 15 is 0 Å². The van der Waals surface area contributed by atoms with E-state index < -0.39 is 0 Å². The molecule has 0 aliphatic heterocycles. The molecule has 1 aromatic carbocycles. The van der Waals surface area contributed by atoms with Gasteiger partial charge in [-0.3, -0.25) is 9.59 Å². The van der Waals surface area contributed by atoms with Crippen LogP contribution in [0.1, 0.15) is 29.1 Å². The second-order valence-corrected chi connectivity index (χ2v) is 6.88.